The predicted octanol–water partition coefficient (Wildman–Crippen LogP) is 4.29. The third-order valence-corrected chi connectivity index (χ3v) is 5.52. The highest BCUT2D eigenvalue weighted by Gasteiger charge is 2.31. The molecule has 1 aliphatic heterocycles. The van der Waals surface area contributed by atoms with Crippen LogP contribution < -0.4 is 25.4 Å². The van der Waals surface area contributed by atoms with Gasteiger partial charge in [-0.2, -0.15) is 0 Å². The van der Waals surface area contributed by atoms with E-state index < -0.39 is 6.04 Å². The minimum Gasteiger partial charge on any atom is -0.497 e. The second-order valence-corrected chi connectivity index (χ2v) is 7.57. The van der Waals surface area contributed by atoms with Gasteiger partial charge in [0.25, 0.3) is 5.91 Å². The molecule has 1 aliphatic rings. The van der Waals surface area contributed by atoms with Crippen LogP contribution in [0.3, 0.4) is 0 Å². The van der Waals surface area contributed by atoms with Crippen LogP contribution in [0.25, 0.3) is 10.8 Å². The van der Waals surface area contributed by atoms with Crippen molar-refractivity contribution in [2.75, 3.05) is 19.5 Å². The molecular weight excluding hydrogens is 410 g/mol. The maximum Gasteiger partial charge on any atom is 0.255 e. The Labute approximate surface area is 186 Å². The fourth-order valence-corrected chi connectivity index (χ4v) is 4.09. The zero-order chi connectivity index (χ0) is 22.0. The average molecular weight is 434 g/mol. The van der Waals surface area contributed by atoms with E-state index in [1.54, 1.807) is 32.4 Å². The van der Waals surface area contributed by atoms with E-state index in [-0.39, 0.29) is 5.91 Å². The van der Waals surface area contributed by atoms with E-state index in [1.165, 1.54) is 0 Å². The molecule has 31 heavy (non-hydrogen) atoms. The lowest BCUT2D eigenvalue weighted by Crippen LogP contribution is -2.45. The number of allylic oxidation sites excluding steroid dienone is 1. The van der Waals surface area contributed by atoms with Crippen LogP contribution in [-0.4, -0.2) is 25.2 Å². The van der Waals surface area contributed by atoms with Gasteiger partial charge in [0.15, 0.2) is 5.11 Å². The predicted molar refractivity (Wildman–Crippen MR) is 126 cm³/mol. The van der Waals surface area contributed by atoms with Gasteiger partial charge in [0.1, 0.15) is 11.5 Å². The van der Waals surface area contributed by atoms with Gasteiger partial charge in [0.2, 0.25) is 0 Å². The van der Waals surface area contributed by atoms with Crippen LogP contribution in [0.4, 0.5) is 5.69 Å². The number of nitrogens with one attached hydrogen (secondary N) is 3. The zero-order valence-electron chi connectivity index (χ0n) is 17.5. The van der Waals surface area contributed by atoms with Crippen LogP contribution in [0, 0.1) is 0 Å². The van der Waals surface area contributed by atoms with Crippen LogP contribution in [0.5, 0.6) is 11.5 Å². The van der Waals surface area contributed by atoms with Crippen molar-refractivity contribution in [3.63, 3.8) is 0 Å². The van der Waals surface area contributed by atoms with Gasteiger partial charge in [-0.25, -0.2) is 0 Å². The molecular formula is C24H23N3O3S. The SMILES string of the molecule is COc1ccc(NC(=O)C2=C(C)NC(=S)N[C@H]2c2cccc3ccccc23)c(OC)c1. The van der Waals surface area contributed by atoms with Crippen LogP contribution in [0.15, 0.2) is 71.9 Å². The fraction of sp³-hybridized carbons (Fsp3) is 0.167. The number of fused-ring (bicyclic) bond motifs is 1. The molecule has 0 bridgehead atoms. The van der Waals surface area contributed by atoms with E-state index in [0.717, 1.165) is 16.3 Å². The Hall–Kier alpha value is -3.58. The van der Waals surface area contributed by atoms with Crippen LogP contribution >= 0.6 is 12.2 Å². The fourth-order valence-electron chi connectivity index (χ4n) is 3.82. The second kappa shape index (κ2) is 8.65. The van der Waals surface area contributed by atoms with Gasteiger partial charge in [0.05, 0.1) is 31.5 Å². The molecule has 0 saturated carbocycles. The second-order valence-electron chi connectivity index (χ2n) is 7.16. The number of hydrogen-bond donors (Lipinski definition) is 3. The Morgan fingerprint density at radius 1 is 1.03 bits per heavy atom. The van der Waals surface area contributed by atoms with Crippen molar-refractivity contribution in [3.8, 4) is 11.5 Å². The number of carbonyl (C=O) groups excluding carboxylic acids is 1. The minimum absolute atomic E-state index is 0.249. The van der Waals surface area contributed by atoms with Gasteiger partial charge in [-0.1, -0.05) is 42.5 Å². The van der Waals surface area contributed by atoms with Crippen molar-refractivity contribution in [3.05, 3.63) is 77.5 Å². The summed E-state index contributed by atoms with van der Waals surface area (Å²) in [6.45, 7) is 1.85. The van der Waals surface area contributed by atoms with Crippen LogP contribution in [0.2, 0.25) is 0 Å². The number of ether oxygens (including phenoxy) is 2. The highest BCUT2D eigenvalue weighted by atomic mass is 32.1. The molecule has 0 radical (unpaired) electrons. The minimum atomic E-state index is -0.399. The molecule has 3 N–H and O–H groups in total. The lowest BCUT2D eigenvalue weighted by atomic mass is 9.91. The summed E-state index contributed by atoms with van der Waals surface area (Å²) >= 11 is 5.40. The summed E-state index contributed by atoms with van der Waals surface area (Å²) in [7, 11) is 3.13. The summed E-state index contributed by atoms with van der Waals surface area (Å²) < 4.78 is 10.7. The van der Waals surface area contributed by atoms with Gasteiger partial charge in [-0.3, -0.25) is 4.79 Å². The van der Waals surface area contributed by atoms with E-state index in [1.807, 2.05) is 31.2 Å². The maximum atomic E-state index is 13.4. The van der Waals surface area contributed by atoms with Gasteiger partial charge in [-0.15, -0.1) is 0 Å². The number of hydrogen-bond acceptors (Lipinski definition) is 4. The molecule has 3 aromatic rings. The molecule has 4 rings (SSSR count). The number of amides is 1. The van der Waals surface area contributed by atoms with Crippen LogP contribution in [0.1, 0.15) is 18.5 Å². The number of anilines is 1. The maximum absolute atomic E-state index is 13.4. The summed E-state index contributed by atoms with van der Waals surface area (Å²) in [6.07, 6.45) is 0. The highest BCUT2D eigenvalue weighted by Crippen LogP contribution is 2.34. The lowest BCUT2D eigenvalue weighted by Gasteiger charge is -2.31. The summed E-state index contributed by atoms with van der Waals surface area (Å²) in [5, 5.41) is 12.0. The van der Waals surface area contributed by atoms with Gasteiger partial charge in [-0.05, 0) is 47.6 Å². The van der Waals surface area contributed by atoms with E-state index in [4.69, 9.17) is 21.7 Å². The molecule has 1 atom stereocenters. The molecule has 0 saturated heterocycles. The molecule has 3 aromatic carbocycles. The normalized spacial score (nSPS) is 15.8. The summed E-state index contributed by atoms with van der Waals surface area (Å²) in [5.41, 5.74) is 2.79. The molecule has 7 heteroatoms. The van der Waals surface area contributed by atoms with E-state index in [9.17, 15) is 4.79 Å². The standard InChI is InChI=1S/C24H23N3O3S/c1-14-21(23(28)26-19-12-11-16(29-2)13-20(19)30-3)22(27-24(31)25-14)18-10-6-8-15-7-4-5-9-17(15)18/h4-13,22H,1-3H3,(H,26,28)(H2,25,27,31)/t22-/m0/s1. The number of methoxy groups -OCH3 is 2. The van der Waals surface area contributed by atoms with Crippen molar-refractivity contribution < 1.29 is 14.3 Å². The zero-order valence-corrected chi connectivity index (χ0v) is 18.3. The smallest absolute Gasteiger partial charge is 0.255 e. The Morgan fingerprint density at radius 3 is 2.58 bits per heavy atom. The van der Waals surface area contributed by atoms with Crippen molar-refractivity contribution in [2.45, 2.75) is 13.0 Å². The Morgan fingerprint density at radius 2 is 1.81 bits per heavy atom. The van der Waals surface area contributed by atoms with E-state index >= 15 is 0 Å². The number of rotatable bonds is 5. The molecule has 1 amide bonds. The Bertz CT molecular complexity index is 1200. The average Bonchev–Trinajstić information content (AvgIpc) is 2.78. The largest absolute Gasteiger partial charge is 0.497 e. The molecule has 0 fully saturated rings. The quantitative estimate of drug-likeness (QED) is 0.522. The first-order valence-corrected chi connectivity index (χ1v) is 10.2. The van der Waals surface area contributed by atoms with E-state index in [2.05, 4.69) is 34.1 Å². The third-order valence-electron chi connectivity index (χ3n) is 5.31. The highest BCUT2D eigenvalue weighted by molar-refractivity contribution is 7.80. The molecule has 0 aromatic heterocycles. The Balaban J connectivity index is 1.75. The monoisotopic (exact) mass is 433 g/mol. The molecule has 0 aliphatic carbocycles. The first kappa shape index (κ1) is 20.7. The molecule has 0 spiro atoms. The summed E-state index contributed by atoms with van der Waals surface area (Å²) in [6, 6.07) is 19.0. The first-order valence-electron chi connectivity index (χ1n) is 9.81. The molecule has 1 heterocycles. The third kappa shape index (κ3) is 4.04. The van der Waals surface area contributed by atoms with Crippen molar-refractivity contribution >= 4 is 39.7 Å². The Kier molecular flexibility index (Phi) is 5.77. The molecule has 0 unspecified atom stereocenters. The molecule has 6 nitrogen and oxygen atoms in total. The van der Waals surface area contributed by atoms with Gasteiger partial charge < -0.3 is 25.4 Å². The van der Waals surface area contributed by atoms with Gasteiger partial charge >= 0.3 is 0 Å². The number of benzene rings is 3. The number of carbonyl (C=O) groups is 1. The van der Waals surface area contributed by atoms with Crippen molar-refractivity contribution in [1.82, 2.24) is 10.6 Å². The summed E-state index contributed by atoms with van der Waals surface area (Å²) in [5.74, 6) is 0.909. The topological polar surface area (TPSA) is 71.6 Å². The van der Waals surface area contributed by atoms with Crippen molar-refractivity contribution in [1.29, 1.82) is 0 Å². The van der Waals surface area contributed by atoms with E-state index in [0.29, 0.717) is 33.6 Å². The lowest BCUT2D eigenvalue weighted by molar-refractivity contribution is -0.113. The van der Waals surface area contributed by atoms with Crippen molar-refractivity contribution in [2.24, 2.45) is 0 Å². The summed E-state index contributed by atoms with van der Waals surface area (Å²) in [4.78, 5) is 13.4. The molecule has 158 valence electrons. The first-order chi connectivity index (χ1) is 15.0. The van der Waals surface area contributed by atoms with Crippen LogP contribution in [-0.2, 0) is 4.79 Å². The number of thiocarbonyl (C=S) groups is 1. The van der Waals surface area contributed by atoms with Gasteiger partial charge in [0, 0.05) is 11.8 Å².